The van der Waals surface area contributed by atoms with Crippen molar-refractivity contribution in [1.82, 2.24) is 0 Å². The van der Waals surface area contributed by atoms with Gasteiger partial charge < -0.3 is 25.1 Å². The van der Waals surface area contributed by atoms with Gasteiger partial charge in [0.2, 0.25) is 11.2 Å². The fourth-order valence-electron chi connectivity index (χ4n) is 3.33. The maximum Gasteiger partial charge on any atom is 0.220 e. The first-order chi connectivity index (χ1) is 12.0. The summed E-state index contributed by atoms with van der Waals surface area (Å²) in [6.45, 7) is 0. The quantitative estimate of drug-likeness (QED) is 0.889. The van der Waals surface area contributed by atoms with Gasteiger partial charge in [0.05, 0.1) is 21.3 Å². The fraction of sp³-hybridized carbons (Fsp3) is 0.316. The number of aromatic hydroxyl groups is 1. The number of methoxy groups -OCH3 is 3. The zero-order valence-electron chi connectivity index (χ0n) is 14.5. The van der Waals surface area contributed by atoms with Gasteiger partial charge in [-0.1, -0.05) is 6.07 Å². The molecule has 25 heavy (non-hydrogen) atoms. The predicted molar refractivity (Wildman–Crippen MR) is 94.7 cm³/mol. The molecule has 0 radical (unpaired) electrons. The van der Waals surface area contributed by atoms with E-state index in [2.05, 4.69) is 0 Å². The van der Waals surface area contributed by atoms with Crippen molar-refractivity contribution >= 4 is 0 Å². The molecule has 1 aliphatic rings. The highest BCUT2D eigenvalue weighted by atomic mass is 16.5. The lowest BCUT2D eigenvalue weighted by molar-refractivity contribution is 0.324. The van der Waals surface area contributed by atoms with E-state index in [-0.39, 0.29) is 11.8 Å². The number of benzene rings is 1. The molecule has 0 aromatic heterocycles. The van der Waals surface area contributed by atoms with E-state index in [1.54, 1.807) is 27.4 Å². The number of rotatable bonds is 3. The molecule has 0 saturated carbocycles. The molecule has 2 aromatic carbocycles. The molecular formula is C19H21NO5. The molecule has 6 nitrogen and oxygen atoms in total. The van der Waals surface area contributed by atoms with Gasteiger partial charge in [-0.05, 0) is 47.7 Å². The first-order valence-electron chi connectivity index (χ1n) is 7.96. The summed E-state index contributed by atoms with van der Waals surface area (Å²) in [6.07, 6.45) is 1.36. The Bertz CT molecular complexity index is 879. The number of ether oxygens (including phenoxy) is 3. The summed E-state index contributed by atoms with van der Waals surface area (Å²) in [5.41, 5.74) is 9.06. The van der Waals surface area contributed by atoms with Crippen molar-refractivity contribution in [2.75, 3.05) is 21.3 Å². The second-order valence-corrected chi connectivity index (χ2v) is 5.92. The van der Waals surface area contributed by atoms with Crippen molar-refractivity contribution in [1.29, 1.82) is 0 Å². The van der Waals surface area contributed by atoms with Gasteiger partial charge >= 0.3 is 0 Å². The van der Waals surface area contributed by atoms with Crippen molar-refractivity contribution in [3.63, 3.8) is 0 Å². The Hall–Kier alpha value is -2.73. The van der Waals surface area contributed by atoms with Crippen LogP contribution in [0.2, 0.25) is 0 Å². The van der Waals surface area contributed by atoms with Crippen LogP contribution >= 0.6 is 0 Å². The topological polar surface area (TPSA) is 91.0 Å². The summed E-state index contributed by atoms with van der Waals surface area (Å²) >= 11 is 0. The molecule has 1 atom stereocenters. The zero-order valence-corrected chi connectivity index (χ0v) is 14.5. The highest BCUT2D eigenvalue weighted by Crippen LogP contribution is 2.49. The van der Waals surface area contributed by atoms with Crippen LogP contribution in [0.25, 0.3) is 11.1 Å². The first-order valence-corrected chi connectivity index (χ1v) is 7.96. The Kier molecular flexibility index (Phi) is 4.55. The normalized spacial score (nSPS) is 15.6. The van der Waals surface area contributed by atoms with Crippen LogP contribution in [-0.2, 0) is 6.42 Å². The lowest BCUT2D eigenvalue weighted by Crippen LogP contribution is -2.11. The smallest absolute Gasteiger partial charge is 0.220 e. The number of aryl methyl sites for hydroxylation is 1. The van der Waals surface area contributed by atoms with Crippen LogP contribution in [0.5, 0.6) is 23.0 Å². The minimum atomic E-state index is -0.459. The minimum Gasteiger partial charge on any atom is -0.504 e. The molecule has 0 fully saturated rings. The average Bonchev–Trinajstić information content (AvgIpc) is 2.84. The van der Waals surface area contributed by atoms with Crippen molar-refractivity contribution in [3.05, 3.63) is 45.6 Å². The van der Waals surface area contributed by atoms with Crippen LogP contribution in [0.1, 0.15) is 23.6 Å². The second-order valence-electron chi connectivity index (χ2n) is 5.92. The van der Waals surface area contributed by atoms with Crippen LogP contribution in [0.4, 0.5) is 0 Å². The van der Waals surface area contributed by atoms with E-state index in [4.69, 9.17) is 19.9 Å². The van der Waals surface area contributed by atoms with E-state index in [1.165, 1.54) is 12.1 Å². The van der Waals surface area contributed by atoms with Gasteiger partial charge in [-0.3, -0.25) is 4.79 Å². The van der Waals surface area contributed by atoms with Crippen LogP contribution in [-0.4, -0.2) is 26.4 Å². The van der Waals surface area contributed by atoms with Gasteiger partial charge in [0.1, 0.15) is 0 Å². The molecule has 3 rings (SSSR count). The minimum absolute atomic E-state index is 0.318. The van der Waals surface area contributed by atoms with Crippen LogP contribution in [0, 0.1) is 0 Å². The van der Waals surface area contributed by atoms with E-state index >= 15 is 0 Å². The Morgan fingerprint density at radius 1 is 1.08 bits per heavy atom. The Balaban J connectivity index is 2.45. The van der Waals surface area contributed by atoms with Crippen molar-refractivity contribution < 1.29 is 19.3 Å². The van der Waals surface area contributed by atoms with E-state index < -0.39 is 5.43 Å². The SMILES string of the molecule is COc1cc2c(c(OC)c1OC)-c1ccc(O)c(=O)cc1[C@@H](N)CC2. The third-order valence-electron chi connectivity index (χ3n) is 4.56. The molecule has 0 spiro atoms. The maximum atomic E-state index is 12.1. The van der Waals surface area contributed by atoms with Gasteiger partial charge in [-0.25, -0.2) is 0 Å². The van der Waals surface area contributed by atoms with Crippen molar-refractivity contribution in [3.8, 4) is 34.1 Å². The maximum absolute atomic E-state index is 12.1. The molecule has 132 valence electrons. The highest BCUT2D eigenvalue weighted by Gasteiger charge is 2.27. The highest BCUT2D eigenvalue weighted by molar-refractivity contribution is 5.82. The van der Waals surface area contributed by atoms with Crippen molar-refractivity contribution in [2.24, 2.45) is 5.73 Å². The summed E-state index contributed by atoms with van der Waals surface area (Å²) in [5, 5.41) is 9.82. The lowest BCUT2D eigenvalue weighted by Gasteiger charge is -2.19. The summed E-state index contributed by atoms with van der Waals surface area (Å²) in [4.78, 5) is 12.1. The van der Waals surface area contributed by atoms with Gasteiger partial charge in [0, 0.05) is 11.6 Å². The molecule has 0 bridgehead atoms. The standard InChI is InChI=1S/C19H21NO5/c1-23-16-8-10-4-6-13(20)12-9-15(22)14(21)7-5-11(12)17(10)19(25-3)18(16)24-2/h5,7-9,13H,4,6,20H2,1-3H3,(H,21,22)/t13-/m0/s1. The third kappa shape index (κ3) is 2.78. The predicted octanol–water partition coefficient (Wildman–Crippen LogP) is 2.39. The molecule has 0 aliphatic heterocycles. The second kappa shape index (κ2) is 6.64. The van der Waals surface area contributed by atoms with Crippen LogP contribution in [0.3, 0.4) is 0 Å². The number of fused-ring (bicyclic) bond motifs is 3. The third-order valence-corrected chi connectivity index (χ3v) is 4.56. The molecule has 1 aliphatic carbocycles. The zero-order chi connectivity index (χ0) is 18.1. The first kappa shape index (κ1) is 17.1. The Labute approximate surface area is 145 Å². The largest absolute Gasteiger partial charge is 0.504 e. The van der Waals surface area contributed by atoms with Gasteiger partial charge in [-0.15, -0.1) is 0 Å². The molecule has 2 aromatic rings. The monoisotopic (exact) mass is 343 g/mol. The number of hydrogen-bond acceptors (Lipinski definition) is 6. The lowest BCUT2D eigenvalue weighted by atomic mass is 9.95. The van der Waals surface area contributed by atoms with E-state index in [1.807, 2.05) is 6.07 Å². The van der Waals surface area contributed by atoms with E-state index in [0.717, 1.165) is 16.7 Å². The molecule has 0 unspecified atom stereocenters. The fourth-order valence-corrected chi connectivity index (χ4v) is 3.33. The molecule has 0 heterocycles. The van der Waals surface area contributed by atoms with E-state index in [0.29, 0.717) is 35.7 Å². The number of hydrogen-bond donors (Lipinski definition) is 2. The average molecular weight is 343 g/mol. The Morgan fingerprint density at radius 3 is 2.44 bits per heavy atom. The Morgan fingerprint density at radius 2 is 1.80 bits per heavy atom. The van der Waals surface area contributed by atoms with Gasteiger partial charge in [0.25, 0.3) is 0 Å². The molecule has 0 amide bonds. The number of nitrogens with two attached hydrogens (primary N) is 1. The summed E-state index contributed by atoms with van der Waals surface area (Å²) in [6, 6.07) is 6.07. The molecule has 3 N–H and O–H groups in total. The van der Waals surface area contributed by atoms with Crippen LogP contribution < -0.4 is 25.4 Å². The summed E-state index contributed by atoms with van der Waals surface area (Å²) in [5.74, 6) is 1.25. The van der Waals surface area contributed by atoms with E-state index in [9.17, 15) is 9.90 Å². The summed E-state index contributed by atoms with van der Waals surface area (Å²) < 4.78 is 16.5. The van der Waals surface area contributed by atoms with Gasteiger partial charge in [0.15, 0.2) is 17.2 Å². The molecule has 0 saturated heterocycles. The molecule has 6 heteroatoms. The van der Waals surface area contributed by atoms with Crippen LogP contribution in [0.15, 0.2) is 29.1 Å². The molecular weight excluding hydrogens is 322 g/mol. The van der Waals surface area contributed by atoms with Gasteiger partial charge in [-0.2, -0.15) is 0 Å². The summed E-state index contributed by atoms with van der Waals surface area (Å²) in [7, 11) is 4.67. The van der Waals surface area contributed by atoms with Crippen molar-refractivity contribution in [2.45, 2.75) is 18.9 Å².